The van der Waals surface area contributed by atoms with Crippen molar-refractivity contribution in [1.29, 1.82) is 0 Å². The van der Waals surface area contributed by atoms with Gasteiger partial charge in [0, 0.05) is 27.4 Å². The van der Waals surface area contributed by atoms with E-state index in [4.69, 9.17) is 11.6 Å². The van der Waals surface area contributed by atoms with Gasteiger partial charge in [-0.1, -0.05) is 36.7 Å². The number of phenols is 1. The summed E-state index contributed by atoms with van der Waals surface area (Å²) in [5.74, 6) is 0.0519. The molecule has 0 saturated heterocycles. The molecule has 3 aromatic rings. The van der Waals surface area contributed by atoms with Crippen molar-refractivity contribution in [2.75, 3.05) is 0 Å². The van der Waals surface area contributed by atoms with Crippen LogP contribution in [0.3, 0.4) is 0 Å². The van der Waals surface area contributed by atoms with Crippen molar-refractivity contribution in [3.63, 3.8) is 0 Å². The lowest BCUT2D eigenvalue weighted by atomic mass is 9.96. The number of aryl methyl sites for hydroxylation is 1. The zero-order valence-corrected chi connectivity index (χ0v) is 18.4. The van der Waals surface area contributed by atoms with Gasteiger partial charge in [-0.15, -0.1) is 11.3 Å². The standard InChI is InChI=1S/C22H22ClNO3S2/c1-2-20-22(29(26,27)17-9-7-16(25)8-10-17)18-12-15(24-13-21(18)28-20)11-14-5-3-4-6-19(14)23/h3-10,15,24-25H,2,11-13H2,1H3. The van der Waals surface area contributed by atoms with E-state index >= 15 is 0 Å². The van der Waals surface area contributed by atoms with Crippen LogP contribution in [0.15, 0.2) is 58.3 Å². The molecule has 1 aliphatic rings. The van der Waals surface area contributed by atoms with Gasteiger partial charge in [-0.25, -0.2) is 8.42 Å². The molecular weight excluding hydrogens is 426 g/mol. The molecule has 0 radical (unpaired) electrons. The fourth-order valence-electron chi connectivity index (χ4n) is 3.82. The molecule has 0 amide bonds. The van der Waals surface area contributed by atoms with Crippen molar-refractivity contribution in [3.8, 4) is 5.75 Å². The highest BCUT2D eigenvalue weighted by Crippen LogP contribution is 2.39. The highest BCUT2D eigenvalue weighted by atomic mass is 35.5. The Morgan fingerprint density at radius 1 is 1.17 bits per heavy atom. The highest BCUT2D eigenvalue weighted by molar-refractivity contribution is 7.91. The Bertz CT molecular complexity index is 1140. The quantitative estimate of drug-likeness (QED) is 0.591. The fraction of sp³-hybridized carbons (Fsp3) is 0.273. The van der Waals surface area contributed by atoms with Crippen molar-refractivity contribution in [2.24, 2.45) is 0 Å². The van der Waals surface area contributed by atoms with Crippen molar-refractivity contribution in [2.45, 2.75) is 48.6 Å². The minimum atomic E-state index is -3.66. The van der Waals surface area contributed by atoms with Crippen molar-refractivity contribution in [1.82, 2.24) is 5.32 Å². The molecule has 4 rings (SSSR count). The molecule has 7 heteroatoms. The molecule has 1 atom stereocenters. The van der Waals surface area contributed by atoms with Crippen LogP contribution in [0.2, 0.25) is 5.02 Å². The first kappa shape index (κ1) is 20.4. The van der Waals surface area contributed by atoms with Gasteiger partial charge in [0.15, 0.2) is 0 Å². The molecule has 0 bridgehead atoms. The Balaban J connectivity index is 1.72. The van der Waals surface area contributed by atoms with Gasteiger partial charge >= 0.3 is 0 Å². The molecular formula is C22H22ClNO3S2. The number of sulfone groups is 1. The average molecular weight is 448 g/mol. The fourth-order valence-corrected chi connectivity index (χ4v) is 7.38. The second-order valence-corrected chi connectivity index (χ2v) is 10.7. The summed E-state index contributed by atoms with van der Waals surface area (Å²) >= 11 is 7.91. The highest BCUT2D eigenvalue weighted by Gasteiger charge is 2.32. The van der Waals surface area contributed by atoms with Gasteiger partial charge < -0.3 is 10.4 Å². The van der Waals surface area contributed by atoms with Crippen LogP contribution in [0.5, 0.6) is 5.75 Å². The normalized spacial score (nSPS) is 16.6. The molecule has 1 aliphatic heterocycles. The molecule has 0 spiro atoms. The van der Waals surface area contributed by atoms with Crippen molar-refractivity contribution >= 4 is 32.8 Å². The summed E-state index contributed by atoms with van der Waals surface area (Å²) in [5, 5.41) is 13.8. The Labute approximate surface area is 180 Å². The van der Waals surface area contributed by atoms with Crippen LogP contribution in [-0.4, -0.2) is 19.6 Å². The number of hydrogen-bond acceptors (Lipinski definition) is 5. The number of halogens is 1. The van der Waals surface area contributed by atoms with E-state index in [1.54, 1.807) is 11.3 Å². The van der Waals surface area contributed by atoms with Crippen LogP contribution in [0.1, 0.15) is 27.8 Å². The lowest BCUT2D eigenvalue weighted by Gasteiger charge is -2.25. The number of benzene rings is 2. The summed E-state index contributed by atoms with van der Waals surface area (Å²) in [6, 6.07) is 13.7. The number of fused-ring (bicyclic) bond motifs is 1. The maximum Gasteiger partial charge on any atom is 0.207 e. The molecule has 0 saturated carbocycles. The summed E-state index contributed by atoms with van der Waals surface area (Å²) < 4.78 is 26.9. The number of hydrogen-bond donors (Lipinski definition) is 2. The monoisotopic (exact) mass is 447 g/mol. The predicted molar refractivity (Wildman–Crippen MR) is 117 cm³/mol. The van der Waals surface area contributed by atoms with E-state index in [1.807, 2.05) is 31.2 Å². The molecule has 1 aromatic heterocycles. The summed E-state index contributed by atoms with van der Waals surface area (Å²) in [6.07, 6.45) is 2.05. The minimum absolute atomic E-state index is 0.0519. The summed E-state index contributed by atoms with van der Waals surface area (Å²) in [5.41, 5.74) is 1.99. The zero-order valence-electron chi connectivity index (χ0n) is 16.0. The molecule has 4 nitrogen and oxygen atoms in total. The predicted octanol–water partition coefficient (Wildman–Crippen LogP) is 4.76. The Morgan fingerprint density at radius 3 is 2.59 bits per heavy atom. The van der Waals surface area contributed by atoms with E-state index in [1.165, 1.54) is 24.3 Å². The van der Waals surface area contributed by atoms with Gasteiger partial charge in [0.1, 0.15) is 5.75 Å². The minimum Gasteiger partial charge on any atom is -0.508 e. The van der Waals surface area contributed by atoms with E-state index in [2.05, 4.69) is 5.32 Å². The molecule has 2 N–H and O–H groups in total. The van der Waals surface area contributed by atoms with Gasteiger partial charge in [-0.2, -0.15) is 0 Å². The number of phenolic OH excluding ortho intramolecular Hbond substituents is 1. The Kier molecular flexibility index (Phi) is 5.71. The van der Waals surface area contributed by atoms with Gasteiger partial charge in [-0.3, -0.25) is 0 Å². The third-order valence-corrected chi connectivity index (χ3v) is 9.07. The van der Waals surface area contributed by atoms with E-state index in [0.29, 0.717) is 24.3 Å². The second kappa shape index (κ2) is 8.11. The molecule has 152 valence electrons. The molecule has 29 heavy (non-hydrogen) atoms. The first-order valence-corrected chi connectivity index (χ1v) is 12.2. The largest absolute Gasteiger partial charge is 0.508 e. The number of aromatic hydroxyl groups is 1. The second-order valence-electron chi connectivity index (χ2n) is 7.18. The van der Waals surface area contributed by atoms with Crippen LogP contribution in [0, 0.1) is 0 Å². The number of rotatable bonds is 5. The third-order valence-electron chi connectivity index (χ3n) is 5.27. The Morgan fingerprint density at radius 2 is 1.90 bits per heavy atom. The van der Waals surface area contributed by atoms with Gasteiger partial charge in [0.05, 0.1) is 9.79 Å². The molecule has 0 aliphatic carbocycles. The summed E-state index contributed by atoms with van der Waals surface area (Å²) in [7, 11) is -3.66. The van der Waals surface area contributed by atoms with Crippen LogP contribution in [0.25, 0.3) is 0 Å². The first-order valence-electron chi connectivity index (χ1n) is 9.54. The van der Waals surface area contributed by atoms with Gasteiger partial charge in [0.25, 0.3) is 0 Å². The van der Waals surface area contributed by atoms with E-state index in [0.717, 1.165) is 32.3 Å². The van der Waals surface area contributed by atoms with E-state index in [-0.39, 0.29) is 16.7 Å². The maximum absolute atomic E-state index is 13.5. The Hall–Kier alpha value is -1.86. The SMILES string of the molecule is CCc1sc2c(c1S(=O)(=O)c1ccc(O)cc1)CC(Cc1ccccc1Cl)NC2. The zero-order chi connectivity index (χ0) is 20.6. The van der Waals surface area contributed by atoms with E-state index in [9.17, 15) is 13.5 Å². The molecule has 0 fully saturated rings. The topological polar surface area (TPSA) is 66.4 Å². The van der Waals surface area contributed by atoms with Crippen LogP contribution in [-0.2, 0) is 35.6 Å². The summed E-state index contributed by atoms with van der Waals surface area (Å²) in [6.45, 7) is 2.65. The van der Waals surface area contributed by atoms with Crippen molar-refractivity contribution in [3.05, 3.63) is 74.4 Å². The van der Waals surface area contributed by atoms with Crippen molar-refractivity contribution < 1.29 is 13.5 Å². The van der Waals surface area contributed by atoms with Gasteiger partial charge in [0.2, 0.25) is 9.84 Å². The lowest BCUT2D eigenvalue weighted by Crippen LogP contribution is -2.37. The molecule has 1 unspecified atom stereocenters. The maximum atomic E-state index is 13.5. The molecule has 2 heterocycles. The summed E-state index contributed by atoms with van der Waals surface area (Å²) in [4.78, 5) is 2.65. The lowest BCUT2D eigenvalue weighted by molar-refractivity contribution is 0.474. The van der Waals surface area contributed by atoms with E-state index < -0.39 is 9.84 Å². The first-order chi connectivity index (χ1) is 13.9. The van der Waals surface area contributed by atoms with Gasteiger partial charge in [-0.05, 0) is 60.7 Å². The van der Waals surface area contributed by atoms with Crippen LogP contribution in [0.4, 0.5) is 0 Å². The van der Waals surface area contributed by atoms with Crippen LogP contribution < -0.4 is 5.32 Å². The smallest absolute Gasteiger partial charge is 0.207 e. The number of thiophene rings is 1. The van der Waals surface area contributed by atoms with Crippen LogP contribution >= 0.6 is 22.9 Å². The average Bonchev–Trinajstić information content (AvgIpc) is 3.09. The third kappa shape index (κ3) is 3.94. The molecule has 2 aromatic carbocycles. The number of nitrogens with one attached hydrogen (secondary N) is 1.